The van der Waals surface area contributed by atoms with Gasteiger partial charge in [-0.05, 0) is 54.3 Å². The van der Waals surface area contributed by atoms with E-state index in [1.165, 1.54) is 12.1 Å². The van der Waals surface area contributed by atoms with Crippen LogP contribution in [-0.4, -0.2) is 30.2 Å². The van der Waals surface area contributed by atoms with Gasteiger partial charge in [-0.25, -0.2) is 4.39 Å². The molecule has 4 nitrogen and oxygen atoms in total. The van der Waals surface area contributed by atoms with Gasteiger partial charge in [-0.3, -0.25) is 4.79 Å². The second kappa shape index (κ2) is 8.49. The third-order valence-corrected chi connectivity index (χ3v) is 5.63. The van der Waals surface area contributed by atoms with Gasteiger partial charge < -0.3 is 14.4 Å². The summed E-state index contributed by atoms with van der Waals surface area (Å²) >= 11 is 0. The number of likely N-dealkylation sites (tertiary alicyclic amines) is 1. The molecule has 4 rings (SSSR count). The van der Waals surface area contributed by atoms with Crippen LogP contribution < -0.4 is 4.74 Å². The molecule has 0 radical (unpaired) electrons. The highest BCUT2D eigenvalue weighted by Crippen LogP contribution is 2.37. The standard InChI is InChI=1S/C25H22FNO3/c1-30-24-5-3-2-4-22(24)17-6-8-19(9-7-17)25(29)27-21(16-28)14-15-23(27)18-10-12-20(26)13-11-18/h2-13,16,21,23H,14-15H2,1H3/t21-,23+/m0/s1. The molecule has 1 heterocycles. The van der Waals surface area contributed by atoms with Crippen molar-refractivity contribution in [2.45, 2.75) is 24.9 Å². The second-order valence-electron chi connectivity index (χ2n) is 7.34. The third-order valence-electron chi connectivity index (χ3n) is 5.63. The van der Waals surface area contributed by atoms with E-state index >= 15 is 0 Å². The summed E-state index contributed by atoms with van der Waals surface area (Å²) in [7, 11) is 1.62. The molecule has 0 aromatic heterocycles. The molecule has 0 saturated carbocycles. The summed E-state index contributed by atoms with van der Waals surface area (Å²) in [6, 6.07) is 20.4. The van der Waals surface area contributed by atoms with E-state index in [1.807, 2.05) is 36.4 Å². The molecule has 0 spiro atoms. The van der Waals surface area contributed by atoms with E-state index in [0.717, 1.165) is 28.7 Å². The molecule has 5 heteroatoms. The highest BCUT2D eigenvalue weighted by atomic mass is 19.1. The van der Waals surface area contributed by atoms with Gasteiger partial charge in [-0.15, -0.1) is 0 Å². The number of para-hydroxylation sites is 1. The van der Waals surface area contributed by atoms with E-state index in [9.17, 15) is 14.0 Å². The molecule has 1 saturated heterocycles. The van der Waals surface area contributed by atoms with E-state index in [-0.39, 0.29) is 17.8 Å². The summed E-state index contributed by atoms with van der Waals surface area (Å²) in [5.41, 5.74) is 3.22. The first-order valence-electron chi connectivity index (χ1n) is 9.89. The number of amides is 1. The van der Waals surface area contributed by atoms with E-state index in [1.54, 1.807) is 36.3 Å². The molecule has 1 aliphatic rings. The highest BCUT2D eigenvalue weighted by molar-refractivity contribution is 5.96. The average molecular weight is 403 g/mol. The van der Waals surface area contributed by atoms with Gasteiger partial charge >= 0.3 is 0 Å². The fourth-order valence-corrected chi connectivity index (χ4v) is 4.10. The van der Waals surface area contributed by atoms with Crippen LogP contribution in [0, 0.1) is 5.82 Å². The third kappa shape index (κ3) is 3.71. The maximum atomic E-state index is 13.3. The molecule has 1 aliphatic heterocycles. The SMILES string of the molecule is COc1ccccc1-c1ccc(C(=O)N2[C@H](C=O)CC[C@@H]2c2ccc(F)cc2)cc1. The smallest absolute Gasteiger partial charge is 0.254 e. The maximum Gasteiger partial charge on any atom is 0.254 e. The first-order chi connectivity index (χ1) is 14.6. The Balaban J connectivity index is 1.63. The number of benzene rings is 3. The van der Waals surface area contributed by atoms with Crippen LogP contribution >= 0.6 is 0 Å². The van der Waals surface area contributed by atoms with Crippen molar-refractivity contribution in [1.82, 2.24) is 4.90 Å². The van der Waals surface area contributed by atoms with Gasteiger partial charge in [0.25, 0.3) is 5.91 Å². The monoisotopic (exact) mass is 403 g/mol. The van der Waals surface area contributed by atoms with Gasteiger partial charge in [0, 0.05) is 11.1 Å². The molecule has 1 fully saturated rings. The van der Waals surface area contributed by atoms with E-state index < -0.39 is 6.04 Å². The van der Waals surface area contributed by atoms with Crippen LogP contribution in [0.25, 0.3) is 11.1 Å². The maximum absolute atomic E-state index is 13.3. The predicted molar refractivity (Wildman–Crippen MR) is 113 cm³/mol. The van der Waals surface area contributed by atoms with Crippen LogP contribution in [0.15, 0.2) is 72.8 Å². The van der Waals surface area contributed by atoms with Crippen molar-refractivity contribution < 1.29 is 18.7 Å². The Morgan fingerprint density at radius 2 is 1.70 bits per heavy atom. The summed E-state index contributed by atoms with van der Waals surface area (Å²) in [5.74, 6) is 0.229. The minimum absolute atomic E-state index is 0.203. The number of nitrogens with zero attached hydrogens (tertiary/aromatic N) is 1. The molecule has 0 aliphatic carbocycles. The lowest BCUT2D eigenvalue weighted by Crippen LogP contribution is -2.38. The fraction of sp³-hybridized carbons (Fsp3) is 0.200. The summed E-state index contributed by atoms with van der Waals surface area (Å²) in [6.45, 7) is 0. The van der Waals surface area contributed by atoms with Crippen molar-refractivity contribution >= 4 is 12.2 Å². The molecular formula is C25H22FNO3. The Bertz CT molecular complexity index is 1050. The van der Waals surface area contributed by atoms with Crippen molar-refractivity contribution in [3.63, 3.8) is 0 Å². The molecule has 30 heavy (non-hydrogen) atoms. The lowest BCUT2D eigenvalue weighted by Gasteiger charge is -2.28. The number of hydrogen-bond acceptors (Lipinski definition) is 3. The van der Waals surface area contributed by atoms with Gasteiger partial charge in [-0.2, -0.15) is 0 Å². The van der Waals surface area contributed by atoms with Crippen LogP contribution in [0.3, 0.4) is 0 Å². The van der Waals surface area contributed by atoms with Crippen LogP contribution in [-0.2, 0) is 4.79 Å². The zero-order valence-electron chi connectivity index (χ0n) is 16.6. The topological polar surface area (TPSA) is 46.6 Å². The van der Waals surface area contributed by atoms with Crippen LogP contribution in [0.1, 0.15) is 34.8 Å². The van der Waals surface area contributed by atoms with Gasteiger partial charge in [0.05, 0.1) is 19.2 Å². The van der Waals surface area contributed by atoms with Crippen LogP contribution in [0.4, 0.5) is 4.39 Å². The fourth-order valence-electron chi connectivity index (χ4n) is 4.10. The summed E-state index contributed by atoms with van der Waals surface area (Å²) in [5, 5.41) is 0. The Hall–Kier alpha value is -3.47. The molecule has 0 bridgehead atoms. The van der Waals surface area contributed by atoms with Gasteiger partial charge in [0.2, 0.25) is 0 Å². The van der Waals surface area contributed by atoms with E-state index in [2.05, 4.69) is 0 Å². The van der Waals surface area contributed by atoms with Gasteiger partial charge in [0.15, 0.2) is 0 Å². The van der Waals surface area contributed by atoms with Crippen molar-refractivity contribution in [3.8, 4) is 16.9 Å². The zero-order valence-corrected chi connectivity index (χ0v) is 16.6. The van der Waals surface area contributed by atoms with Crippen LogP contribution in [0.2, 0.25) is 0 Å². The number of hydrogen-bond donors (Lipinski definition) is 0. The lowest BCUT2D eigenvalue weighted by atomic mass is 10.0. The predicted octanol–water partition coefficient (Wildman–Crippen LogP) is 5.05. The van der Waals surface area contributed by atoms with E-state index in [4.69, 9.17) is 4.74 Å². The van der Waals surface area contributed by atoms with Crippen molar-refractivity contribution in [2.75, 3.05) is 7.11 Å². The molecule has 1 amide bonds. The first kappa shape index (κ1) is 19.8. The summed E-state index contributed by atoms with van der Waals surface area (Å²) in [6.07, 6.45) is 2.08. The quantitative estimate of drug-likeness (QED) is 0.561. The number of carbonyl (C=O) groups excluding carboxylic acids is 2. The minimum atomic E-state index is -0.485. The Kier molecular flexibility index (Phi) is 5.61. The Morgan fingerprint density at radius 3 is 2.37 bits per heavy atom. The average Bonchev–Trinajstić information content (AvgIpc) is 3.23. The highest BCUT2D eigenvalue weighted by Gasteiger charge is 2.38. The number of carbonyl (C=O) groups is 2. The van der Waals surface area contributed by atoms with Crippen molar-refractivity contribution in [2.24, 2.45) is 0 Å². The number of methoxy groups -OCH3 is 1. The minimum Gasteiger partial charge on any atom is -0.496 e. The second-order valence-corrected chi connectivity index (χ2v) is 7.34. The largest absolute Gasteiger partial charge is 0.496 e. The molecule has 0 N–H and O–H groups in total. The summed E-state index contributed by atoms with van der Waals surface area (Å²) in [4.78, 5) is 26.6. The Labute approximate surface area is 174 Å². The van der Waals surface area contributed by atoms with Gasteiger partial charge in [0.1, 0.15) is 17.9 Å². The molecule has 0 unspecified atom stereocenters. The lowest BCUT2D eigenvalue weighted by molar-refractivity contribution is -0.111. The van der Waals surface area contributed by atoms with Crippen molar-refractivity contribution in [1.29, 1.82) is 0 Å². The summed E-state index contributed by atoms with van der Waals surface area (Å²) < 4.78 is 18.7. The number of aldehydes is 1. The molecule has 152 valence electrons. The van der Waals surface area contributed by atoms with Crippen molar-refractivity contribution in [3.05, 3.63) is 89.7 Å². The molecule has 2 atom stereocenters. The van der Waals surface area contributed by atoms with E-state index in [0.29, 0.717) is 18.4 Å². The normalized spacial score (nSPS) is 18.3. The van der Waals surface area contributed by atoms with Crippen LogP contribution in [0.5, 0.6) is 5.75 Å². The number of rotatable bonds is 5. The molecule has 3 aromatic rings. The number of ether oxygens (including phenoxy) is 1. The molecular weight excluding hydrogens is 381 g/mol. The molecule has 3 aromatic carbocycles. The Morgan fingerprint density at radius 1 is 1.00 bits per heavy atom. The first-order valence-corrected chi connectivity index (χ1v) is 9.89. The van der Waals surface area contributed by atoms with Gasteiger partial charge in [-0.1, -0.05) is 42.5 Å². The zero-order chi connectivity index (χ0) is 21.1. The number of halogens is 1.